The lowest BCUT2D eigenvalue weighted by Crippen LogP contribution is -2.60. The Hall–Kier alpha value is -3.07. The first-order valence-corrected chi connectivity index (χ1v) is 9.84. The summed E-state index contributed by atoms with van der Waals surface area (Å²) in [6, 6.07) is 8.29. The zero-order chi connectivity index (χ0) is 23.5. The second kappa shape index (κ2) is 7.23. The van der Waals surface area contributed by atoms with E-state index < -0.39 is 41.4 Å². The van der Waals surface area contributed by atoms with Crippen LogP contribution >= 0.6 is 0 Å². The molecule has 4 rings (SSSR count). The second-order valence-electron chi connectivity index (χ2n) is 8.58. The van der Waals surface area contributed by atoms with Gasteiger partial charge in [-0.25, -0.2) is 4.39 Å². The van der Waals surface area contributed by atoms with Crippen molar-refractivity contribution in [2.45, 2.75) is 43.5 Å². The summed E-state index contributed by atoms with van der Waals surface area (Å²) in [6.45, 7) is 2.92. The number of alkyl halides is 3. The third-order valence-electron chi connectivity index (χ3n) is 5.94. The minimum Gasteiger partial charge on any atom is -0.493 e. The SMILES string of the molecule is COc1c(F)ccc2c1C(C)(C)C[C@](O)(C(F)(F)F)[C@@H]2NC(=O)c1cc2ccccc2o1. The molecule has 2 aromatic carbocycles. The topological polar surface area (TPSA) is 71.7 Å². The van der Waals surface area contributed by atoms with Gasteiger partial charge in [0.25, 0.3) is 5.91 Å². The van der Waals surface area contributed by atoms with Gasteiger partial charge in [-0.1, -0.05) is 38.1 Å². The molecule has 0 bridgehead atoms. The standard InChI is InChI=1S/C23H21F4NO4/c1-21(2)11-22(30,23(25,26)27)19(13-8-9-14(24)18(31-3)17(13)21)28-20(29)16-10-12-6-4-5-7-15(12)32-16/h4-10,19,30H,11H2,1-3H3,(H,28,29)/t19-,22-/m1/s1. The zero-order valence-electron chi connectivity index (χ0n) is 17.5. The van der Waals surface area contributed by atoms with E-state index in [1.54, 1.807) is 24.3 Å². The van der Waals surface area contributed by atoms with Crippen molar-refractivity contribution < 1.29 is 36.6 Å². The summed E-state index contributed by atoms with van der Waals surface area (Å²) in [6.07, 6.45) is -5.91. The molecule has 0 saturated carbocycles. The van der Waals surface area contributed by atoms with Crippen LogP contribution in [0.25, 0.3) is 11.0 Å². The van der Waals surface area contributed by atoms with Gasteiger partial charge in [-0.3, -0.25) is 4.79 Å². The van der Waals surface area contributed by atoms with Crippen LogP contribution < -0.4 is 10.1 Å². The average Bonchev–Trinajstić information content (AvgIpc) is 3.14. The number of ether oxygens (including phenoxy) is 1. The summed E-state index contributed by atoms with van der Waals surface area (Å²) in [5.74, 6) is -2.13. The van der Waals surface area contributed by atoms with Gasteiger partial charge in [0.05, 0.1) is 13.2 Å². The third-order valence-corrected chi connectivity index (χ3v) is 5.94. The summed E-state index contributed by atoms with van der Waals surface area (Å²) in [5, 5.41) is 13.8. The first-order valence-electron chi connectivity index (χ1n) is 9.84. The Morgan fingerprint density at radius 2 is 1.91 bits per heavy atom. The fourth-order valence-electron chi connectivity index (χ4n) is 4.59. The number of para-hydroxylation sites is 1. The highest BCUT2D eigenvalue weighted by Gasteiger charge is 2.64. The number of rotatable bonds is 3. The molecule has 1 heterocycles. The second-order valence-corrected chi connectivity index (χ2v) is 8.58. The molecule has 0 radical (unpaired) electrons. The van der Waals surface area contributed by atoms with Crippen molar-refractivity contribution in [1.82, 2.24) is 5.32 Å². The Labute approximate surface area is 181 Å². The number of furan rings is 1. The number of fused-ring (bicyclic) bond motifs is 2. The molecule has 0 aliphatic heterocycles. The number of carbonyl (C=O) groups is 1. The maximum atomic E-state index is 14.4. The number of halogens is 4. The van der Waals surface area contributed by atoms with E-state index in [0.29, 0.717) is 11.0 Å². The summed E-state index contributed by atoms with van der Waals surface area (Å²) in [4.78, 5) is 12.9. The number of hydrogen-bond donors (Lipinski definition) is 2. The van der Waals surface area contributed by atoms with E-state index in [1.807, 2.05) is 0 Å². The van der Waals surface area contributed by atoms with Crippen LogP contribution in [0.1, 0.15) is 48.0 Å². The molecule has 5 nitrogen and oxygen atoms in total. The molecule has 0 saturated heterocycles. The summed E-state index contributed by atoms with van der Waals surface area (Å²) >= 11 is 0. The lowest BCUT2D eigenvalue weighted by atomic mass is 9.63. The molecular weight excluding hydrogens is 430 g/mol. The molecule has 1 aliphatic rings. The Balaban J connectivity index is 1.86. The van der Waals surface area contributed by atoms with Gasteiger partial charge in [0, 0.05) is 10.9 Å². The van der Waals surface area contributed by atoms with E-state index in [4.69, 9.17) is 9.15 Å². The Kier molecular flexibility index (Phi) is 5.00. The third kappa shape index (κ3) is 3.31. The lowest BCUT2D eigenvalue weighted by molar-refractivity contribution is -0.280. The molecule has 1 aromatic heterocycles. The van der Waals surface area contributed by atoms with Gasteiger partial charge < -0.3 is 19.6 Å². The van der Waals surface area contributed by atoms with E-state index in [1.165, 1.54) is 27.0 Å². The maximum absolute atomic E-state index is 14.4. The van der Waals surface area contributed by atoms with Crippen molar-refractivity contribution in [2.24, 2.45) is 0 Å². The number of aliphatic hydroxyl groups is 1. The van der Waals surface area contributed by atoms with E-state index in [2.05, 4.69) is 5.32 Å². The predicted octanol–water partition coefficient (Wildman–Crippen LogP) is 5.03. The quantitative estimate of drug-likeness (QED) is 0.549. The number of carbonyl (C=O) groups excluding carboxylic acids is 1. The summed E-state index contributed by atoms with van der Waals surface area (Å²) in [5.41, 5.74) is -4.16. The molecule has 1 aliphatic carbocycles. The Morgan fingerprint density at radius 1 is 1.22 bits per heavy atom. The summed E-state index contributed by atoms with van der Waals surface area (Å²) < 4.78 is 67.5. The van der Waals surface area contributed by atoms with Crippen LogP contribution in [0.2, 0.25) is 0 Å². The van der Waals surface area contributed by atoms with Crippen LogP contribution in [-0.2, 0) is 5.41 Å². The van der Waals surface area contributed by atoms with Crippen molar-refractivity contribution in [1.29, 1.82) is 0 Å². The van der Waals surface area contributed by atoms with E-state index in [-0.39, 0.29) is 22.6 Å². The normalized spacial score (nSPS) is 22.4. The highest BCUT2D eigenvalue weighted by atomic mass is 19.4. The number of nitrogens with one attached hydrogen (secondary N) is 1. The molecule has 9 heteroatoms. The Morgan fingerprint density at radius 3 is 2.53 bits per heavy atom. The van der Waals surface area contributed by atoms with Gasteiger partial charge in [-0.05, 0) is 35.6 Å². The van der Waals surface area contributed by atoms with Crippen molar-refractivity contribution in [3.63, 3.8) is 0 Å². The van der Waals surface area contributed by atoms with Crippen molar-refractivity contribution in [3.8, 4) is 5.75 Å². The van der Waals surface area contributed by atoms with Crippen molar-refractivity contribution >= 4 is 16.9 Å². The monoisotopic (exact) mass is 451 g/mol. The van der Waals surface area contributed by atoms with Gasteiger partial charge >= 0.3 is 6.18 Å². The first kappa shape index (κ1) is 22.1. The first-order chi connectivity index (χ1) is 14.9. The molecule has 3 aromatic rings. The minimum atomic E-state index is -5.09. The molecule has 0 spiro atoms. The highest BCUT2D eigenvalue weighted by molar-refractivity contribution is 5.96. The largest absolute Gasteiger partial charge is 0.493 e. The van der Waals surface area contributed by atoms with Gasteiger partial charge in [-0.15, -0.1) is 0 Å². The van der Waals surface area contributed by atoms with Crippen LogP contribution in [-0.4, -0.2) is 29.9 Å². The van der Waals surface area contributed by atoms with Crippen molar-refractivity contribution in [2.75, 3.05) is 7.11 Å². The van der Waals surface area contributed by atoms with E-state index in [0.717, 1.165) is 12.1 Å². The molecule has 0 unspecified atom stereocenters. The number of amides is 1. The fourth-order valence-corrected chi connectivity index (χ4v) is 4.59. The van der Waals surface area contributed by atoms with Crippen LogP contribution in [0, 0.1) is 5.82 Å². The smallest absolute Gasteiger partial charge is 0.419 e. The van der Waals surface area contributed by atoms with Gasteiger partial charge in [0.15, 0.2) is 22.9 Å². The van der Waals surface area contributed by atoms with Crippen LogP contribution in [0.4, 0.5) is 17.6 Å². The fraction of sp³-hybridized carbons (Fsp3) is 0.348. The highest BCUT2D eigenvalue weighted by Crippen LogP contribution is 2.55. The molecule has 1 amide bonds. The van der Waals surface area contributed by atoms with Gasteiger partial charge in [-0.2, -0.15) is 13.2 Å². The molecule has 2 N–H and O–H groups in total. The predicted molar refractivity (Wildman–Crippen MR) is 108 cm³/mol. The van der Waals surface area contributed by atoms with E-state index in [9.17, 15) is 27.5 Å². The van der Waals surface area contributed by atoms with Crippen LogP contribution in [0.15, 0.2) is 46.9 Å². The van der Waals surface area contributed by atoms with Gasteiger partial charge in [0.1, 0.15) is 5.58 Å². The van der Waals surface area contributed by atoms with Crippen LogP contribution in [0.3, 0.4) is 0 Å². The summed E-state index contributed by atoms with van der Waals surface area (Å²) in [7, 11) is 1.21. The number of benzene rings is 2. The Bertz CT molecular complexity index is 1170. The van der Waals surface area contributed by atoms with E-state index >= 15 is 0 Å². The molecule has 2 atom stereocenters. The van der Waals surface area contributed by atoms with Crippen LogP contribution in [0.5, 0.6) is 5.75 Å². The zero-order valence-corrected chi connectivity index (χ0v) is 17.5. The average molecular weight is 451 g/mol. The van der Waals surface area contributed by atoms with Crippen molar-refractivity contribution in [3.05, 3.63) is 65.2 Å². The molecular formula is C23H21F4NO4. The maximum Gasteiger partial charge on any atom is 0.419 e. The van der Waals surface area contributed by atoms with Gasteiger partial charge in [0.2, 0.25) is 0 Å². The molecule has 170 valence electrons. The minimum absolute atomic E-state index is 0.0798. The number of hydrogen-bond acceptors (Lipinski definition) is 4. The molecule has 32 heavy (non-hydrogen) atoms. The molecule has 0 fully saturated rings. The number of methoxy groups -OCH3 is 1. The lowest BCUT2D eigenvalue weighted by Gasteiger charge is -2.48.